The van der Waals surface area contributed by atoms with Crippen LogP contribution in [0, 0.1) is 16.7 Å². The quantitative estimate of drug-likeness (QED) is 0.613. The van der Waals surface area contributed by atoms with Gasteiger partial charge < -0.3 is 4.74 Å². The van der Waals surface area contributed by atoms with Gasteiger partial charge in [0.1, 0.15) is 6.10 Å². The number of ether oxygens (including phenoxy) is 1. The highest BCUT2D eigenvalue weighted by Gasteiger charge is 2.60. The van der Waals surface area contributed by atoms with Crippen LogP contribution in [0.3, 0.4) is 0 Å². The van der Waals surface area contributed by atoms with Gasteiger partial charge in [-0.3, -0.25) is 4.79 Å². The first-order chi connectivity index (χ1) is 5.99. The van der Waals surface area contributed by atoms with Gasteiger partial charge in [-0.1, -0.05) is 20.8 Å². The molecule has 13 heavy (non-hydrogen) atoms. The first-order valence-electron chi connectivity index (χ1n) is 5.09. The molecule has 2 aliphatic rings. The Bertz CT molecular complexity index is 234. The van der Waals surface area contributed by atoms with Crippen molar-refractivity contribution in [1.29, 1.82) is 0 Å². The van der Waals surface area contributed by atoms with E-state index in [9.17, 15) is 4.79 Å². The Morgan fingerprint density at radius 3 is 2.46 bits per heavy atom. The Balaban J connectivity index is 2.26. The molecule has 0 radical (unpaired) electrons. The van der Waals surface area contributed by atoms with E-state index in [0.29, 0.717) is 17.8 Å². The van der Waals surface area contributed by atoms with Gasteiger partial charge in [0.05, 0.1) is 0 Å². The highest BCUT2D eigenvalue weighted by molar-refractivity contribution is 5.38. The van der Waals surface area contributed by atoms with Crippen LogP contribution in [0.5, 0.6) is 0 Å². The van der Waals surface area contributed by atoms with Gasteiger partial charge in [-0.15, -0.1) is 0 Å². The summed E-state index contributed by atoms with van der Waals surface area (Å²) in [4.78, 5) is 10.4. The van der Waals surface area contributed by atoms with Gasteiger partial charge in [0, 0.05) is 11.3 Å². The molecule has 2 nitrogen and oxygen atoms in total. The third kappa shape index (κ3) is 1.11. The average molecular weight is 182 g/mol. The normalized spacial score (nSPS) is 46.4. The second-order valence-electron chi connectivity index (χ2n) is 5.62. The molecule has 0 spiro atoms. The van der Waals surface area contributed by atoms with Gasteiger partial charge in [0.2, 0.25) is 0 Å². The van der Waals surface area contributed by atoms with E-state index in [1.165, 1.54) is 19.3 Å². The Kier molecular flexibility index (Phi) is 1.73. The molecule has 2 saturated carbocycles. The van der Waals surface area contributed by atoms with Crippen molar-refractivity contribution < 1.29 is 9.53 Å². The van der Waals surface area contributed by atoms with Crippen molar-refractivity contribution in [3.05, 3.63) is 0 Å². The maximum Gasteiger partial charge on any atom is 0.293 e. The van der Waals surface area contributed by atoms with Crippen molar-refractivity contribution in [2.24, 2.45) is 16.7 Å². The predicted molar refractivity (Wildman–Crippen MR) is 50.2 cm³/mol. The standard InChI is InChI=1S/C11H18O2/c1-10(2)6-11(3)5-4-8(10)9(11)13-7-12/h7-9H,4-6H2,1-3H3/t8-,9+,11-/m1/s1. The van der Waals surface area contributed by atoms with Crippen LogP contribution in [-0.4, -0.2) is 12.6 Å². The molecule has 0 aromatic carbocycles. The summed E-state index contributed by atoms with van der Waals surface area (Å²) in [6.07, 6.45) is 3.82. The third-order valence-electron chi connectivity index (χ3n) is 4.14. The summed E-state index contributed by atoms with van der Waals surface area (Å²) < 4.78 is 5.25. The number of hydrogen-bond donors (Lipinski definition) is 0. The van der Waals surface area contributed by atoms with E-state index in [1.54, 1.807) is 0 Å². The van der Waals surface area contributed by atoms with Crippen LogP contribution in [0.4, 0.5) is 0 Å². The molecular formula is C11H18O2. The SMILES string of the molecule is CC1(C)C[C@@]2(C)CC[C@@H]1[C@@H]2OC=O. The summed E-state index contributed by atoms with van der Waals surface area (Å²) in [6.45, 7) is 7.48. The summed E-state index contributed by atoms with van der Waals surface area (Å²) in [5.41, 5.74) is 0.621. The molecule has 2 aliphatic carbocycles. The van der Waals surface area contributed by atoms with Crippen molar-refractivity contribution >= 4 is 6.47 Å². The zero-order chi connectivity index (χ0) is 9.69. The minimum Gasteiger partial charge on any atom is -0.464 e. The van der Waals surface area contributed by atoms with Crippen molar-refractivity contribution in [3.63, 3.8) is 0 Å². The fourth-order valence-corrected chi connectivity index (χ4v) is 3.74. The van der Waals surface area contributed by atoms with Crippen LogP contribution in [0.15, 0.2) is 0 Å². The second kappa shape index (κ2) is 2.49. The zero-order valence-corrected chi connectivity index (χ0v) is 8.67. The number of fused-ring (bicyclic) bond motifs is 2. The summed E-state index contributed by atoms with van der Waals surface area (Å²) in [7, 11) is 0. The Morgan fingerprint density at radius 2 is 2.08 bits per heavy atom. The van der Waals surface area contributed by atoms with E-state index in [-0.39, 0.29) is 11.5 Å². The van der Waals surface area contributed by atoms with Crippen molar-refractivity contribution in [2.75, 3.05) is 0 Å². The third-order valence-corrected chi connectivity index (χ3v) is 4.14. The van der Waals surface area contributed by atoms with E-state index in [4.69, 9.17) is 4.74 Å². The van der Waals surface area contributed by atoms with Gasteiger partial charge in [-0.2, -0.15) is 0 Å². The van der Waals surface area contributed by atoms with Crippen molar-refractivity contribution in [1.82, 2.24) is 0 Å². The number of carbonyl (C=O) groups is 1. The molecule has 0 unspecified atom stereocenters. The van der Waals surface area contributed by atoms with Crippen molar-refractivity contribution in [3.8, 4) is 0 Å². The topological polar surface area (TPSA) is 26.3 Å². The molecule has 0 amide bonds. The lowest BCUT2D eigenvalue weighted by Crippen LogP contribution is -2.26. The van der Waals surface area contributed by atoms with Crippen LogP contribution < -0.4 is 0 Å². The predicted octanol–water partition coefficient (Wildman–Crippen LogP) is 2.37. The number of rotatable bonds is 2. The minimum absolute atomic E-state index is 0.181. The van der Waals surface area contributed by atoms with Gasteiger partial charge in [0.25, 0.3) is 6.47 Å². The van der Waals surface area contributed by atoms with Crippen LogP contribution in [0.2, 0.25) is 0 Å². The highest BCUT2D eigenvalue weighted by Crippen LogP contribution is 2.63. The molecule has 0 saturated heterocycles. The highest BCUT2D eigenvalue weighted by atomic mass is 16.5. The van der Waals surface area contributed by atoms with Crippen LogP contribution >= 0.6 is 0 Å². The lowest BCUT2D eigenvalue weighted by molar-refractivity contribution is -0.138. The van der Waals surface area contributed by atoms with Gasteiger partial charge in [-0.05, 0) is 24.7 Å². The van der Waals surface area contributed by atoms with Crippen LogP contribution in [0.25, 0.3) is 0 Å². The first kappa shape index (κ1) is 9.04. The van der Waals surface area contributed by atoms with E-state index in [1.807, 2.05) is 0 Å². The fourth-order valence-electron chi connectivity index (χ4n) is 3.74. The fraction of sp³-hybridized carbons (Fsp3) is 0.909. The molecule has 2 fully saturated rings. The Hall–Kier alpha value is -0.530. The number of hydrogen-bond acceptors (Lipinski definition) is 2. The monoisotopic (exact) mass is 182 g/mol. The zero-order valence-electron chi connectivity index (χ0n) is 8.67. The van der Waals surface area contributed by atoms with Crippen molar-refractivity contribution in [2.45, 2.75) is 46.1 Å². The van der Waals surface area contributed by atoms with Crippen LogP contribution in [-0.2, 0) is 9.53 Å². The summed E-state index contributed by atoms with van der Waals surface area (Å²) in [6, 6.07) is 0. The van der Waals surface area contributed by atoms with E-state index >= 15 is 0 Å². The van der Waals surface area contributed by atoms with Gasteiger partial charge in [-0.25, -0.2) is 0 Å². The largest absolute Gasteiger partial charge is 0.464 e. The minimum atomic E-state index is 0.181. The summed E-state index contributed by atoms with van der Waals surface area (Å²) in [5.74, 6) is 0.586. The first-order valence-corrected chi connectivity index (χ1v) is 5.09. The lowest BCUT2D eigenvalue weighted by atomic mass is 9.73. The van der Waals surface area contributed by atoms with E-state index in [2.05, 4.69) is 20.8 Å². The molecule has 0 aromatic rings. The molecular weight excluding hydrogens is 164 g/mol. The summed E-state index contributed by atoms with van der Waals surface area (Å²) in [5, 5.41) is 0. The molecule has 2 bridgehead atoms. The van der Waals surface area contributed by atoms with E-state index < -0.39 is 0 Å². The van der Waals surface area contributed by atoms with E-state index in [0.717, 1.165) is 0 Å². The number of carbonyl (C=O) groups excluding carboxylic acids is 1. The molecule has 74 valence electrons. The Labute approximate surface area is 79.7 Å². The second-order valence-corrected chi connectivity index (χ2v) is 5.62. The average Bonchev–Trinajstić information content (AvgIpc) is 2.36. The van der Waals surface area contributed by atoms with Crippen LogP contribution in [0.1, 0.15) is 40.0 Å². The molecule has 2 heteroatoms. The smallest absolute Gasteiger partial charge is 0.293 e. The maximum absolute atomic E-state index is 10.4. The van der Waals surface area contributed by atoms with Gasteiger partial charge >= 0.3 is 0 Å². The molecule has 3 atom stereocenters. The maximum atomic E-state index is 10.4. The molecule has 2 rings (SSSR count). The Morgan fingerprint density at radius 1 is 1.38 bits per heavy atom. The molecule has 0 aromatic heterocycles. The van der Waals surface area contributed by atoms with Gasteiger partial charge in [0.15, 0.2) is 0 Å². The molecule has 0 aliphatic heterocycles. The molecule has 0 N–H and O–H groups in total. The summed E-state index contributed by atoms with van der Waals surface area (Å²) >= 11 is 0. The molecule has 0 heterocycles. The lowest BCUT2D eigenvalue weighted by Gasteiger charge is -2.31.